The molecule has 0 aliphatic rings. The SMILES string of the molecule is C[C@@H](Sc1nnc(Nc2cccc(F)c2)s1)C(=O)N(C)c1ccccc1. The molecule has 1 N–H and O–H groups in total. The topological polar surface area (TPSA) is 58.1 Å². The summed E-state index contributed by atoms with van der Waals surface area (Å²) in [6.07, 6.45) is 0. The van der Waals surface area contributed by atoms with Crippen LogP contribution in [0.15, 0.2) is 58.9 Å². The number of halogens is 1. The van der Waals surface area contributed by atoms with Crippen molar-refractivity contribution >= 4 is 45.5 Å². The molecule has 134 valence electrons. The number of anilines is 3. The molecule has 0 saturated carbocycles. The van der Waals surface area contributed by atoms with Gasteiger partial charge in [-0.1, -0.05) is 47.4 Å². The summed E-state index contributed by atoms with van der Waals surface area (Å²) in [4.78, 5) is 14.2. The number of carbonyl (C=O) groups is 1. The molecule has 0 fully saturated rings. The van der Waals surface area contributed by atoms with Crippen molar-refractivity contribution in [3.8, 4) is 0 Å². The molecular weight excluding hydrogens is 371 g/mol. The molecule has 0 radical (unpaired) electrons. The van der Waals surface area contributed by atoms with Gasteiger partial charge in [0.1, 0.15) is 5.82 Å². The number of benzene rings is 2. The number of nitrogens with zero attached hydrogens (tertiary/aromatic N) is 3. The molecule has 26 heavy (non-hydrogen) atoms. The Morgan fingerprint density at radius 2 is 1.96 bits per heavy atom. The van der Waals surface area contributed by atoms with E-state index >= 15 is 0 Å². The van der Waals surface area contributed by atoms with E-state index in [1.54, 1.807) is 24.1 Å². The Hall–Kier alpha value is -2.45. The smallest absolute Gasteiger partial charge is 0.240 e. The van der Waals surface area contributed by atoms with Crippen molar-refractivity contribution in [1.29, 1.82) is 0 Å². The summed E-state index contributed by atoms with van der Waals surface area (Å²) in [7, 11) is 1.76. The van der Waals surface area contributed by atoms with Crippen molar-refractivity contribution in [1.82, 2.24) is 10.2 Å². The third kappa shape index (κ3) is 4.59. The number of hydrogen-bond acceptors (Lipinski definition) is 6. The zero-order valence-electron chi connectivity index (χ0n) is 14.2. The third-order valence-electron chi connectivity index (χ3n) is 3.58. The van der Waals surface area contributed by atoms with Gasteiger partial charge in [0.05, 0.1) is 5.25 Å². The van der Waals surface area contributed by atoms with Gasteiger partial charge in [0, 0.05) is 18.4 Å². The minimum Gasteiger partial charge on any atom is -0.330 e. The first-order chi connectivity index (χ1) is 12.5. The summed E-state index contributed by atoms with van der Waals surface area (Å²) in [5, 5.41) is 11.4. The minimum atomic E-state index is -0.322. The predicted octanol–water partition coefficient (Wildman–Crippen LogP) is 4.56. The van der Waals surface area contributed by atoms with Crippen LogP contribution in [0.2, 0.25) is 0 Å². The quantitative estimate of drug-likeness (QED) is 0.627. The van der Waals surface area contributed by atoms with Gasteiger partial charge in [0.25, 0.3) is 0 Å². The van der Waals surface area contributed by atoms with Gasteiger partial charge in [-0.15, -0.1) is 10.2 Å². The predicted molar refractivity (Wildman–Crippen MR) is 105 cm³/mol. The zero-order chi connectivity index (χ0) is 18.5. The van der Waals surface area contributed by atoms with Gasteiger partial charge in [0.2, 0.25) is 11.0 Å². The molecular formula is C18H17FN4OS2. The monoisotopic (exact) mass is 388 g/mol. The Morgan fingerprint density at radius 1 is 1.19 bits per heavy atom. The third-order valence-corrected chi connectivity index (χ3v) is 5.59. The number of thioether (sulfide) groups is 1. The normalized spacial score (nSPS) is 11.8. The summed E-state index contributed by atoms with van der Waals surface area (Å²) in [5.74, 6) is -0.340. The van der Waals surface area contributed by atoms with Crippen molar-refractivity contribution in [2.45, 2.75) is 16.5 Å². The van der Waals surface area contributed by atoms with Gasteiger partial charge in [-0.3, -0.25) is 4.79 Å². The minimum absolute atomic E-state index is 0.0176. The van der Waals surface area contributed by atoms with E-state index in [-0.39, 0.29) is 17.0 Å². The number of carbonyl (C=O) groups excluding carboxylic acids is 1. The van der Waals surface area contributed by atoms with E-state index in [1.165, 1.54) is 35.2 Å². The van der Waals surface area contributed by atoms with E-state index in [2.05, 4.69) is 15.5 Å². The average Bonchev–Trinajstić information content (AvgIpc) is 3.08. The van der Waals surface area contributed by atoms with Crippen LogP contribution < -0.4 is 10.2 Å². The van der Waals surface area contributed by atoms with Crippen LogP contribution in [0.4, 0.5) is 20.9 Å². The molecule has 1 aromatic heterocycles. The molecule has 3 aromatic rings. The molecule has 1 atom stereocenters. The number of amides is 1. The molecule has 0 spiro atoms. The molecule has 8 heteroatoms. The molecule has 0 bridgehead atoms. The maximum Gasteiger partial charge on any atom is 0.240 e. The second-order valence-corrected chi connectivity index (χ2v) is 8.07. The fourth-order valence-corrected chi connectivity index (χ4v) is 4.26. The van der Waals surface area contributed by atoms with Crippen molar-refractivity contribution in [3.05, 3.63) is 60.4 Å². The van der Waals surface area contributed by atoms with Gasteiger partial charge in [-0.05, 0) is 37.3 Å². The van der Waals surface area contributed by atoms with Crippen LogP contribution in [0.5, 0.6) is 0 Å². The van der Waals surface area contributed by atoms with Gasteiger partial charge in [-0.25, -0.2) is 4.39 Å². The second kappa shape index (κ2) is 8.29. The molecule has 5 nitrogen and oxygen atoms in total. The van der Waals surface area contributed by atoms with Crippen LogP contribution in [-0.2, 0) is 4.79 Å². The molecule has 0 saturated heterocycles. The highest BCUT2D eigenvalue weighted by Gasteiger charge is 2.21. The van der Waals surface area contributed by atoms with Crippen LogP contribution in [0.1, 0.15) is 6.92 Å². The first-order valence-electron chi connectivity index (χ1n) is 7.88. The molecule has 1 heterocycles. The lowest BCUT2D eigenvalue weighted by molar-refractivity contribution is -0.117. The van der Waals surface area contributed by atoms with Gasteiger partial charge >= 0.3 is 0 Å². The maximum absolute atomic E-state index is 13.2. The highest BCUT2D eigenvalue weighted by Crippen LogP contribution is 2.31. The summed E-state index contributed by atoms with van der Waals surface area (Å²) >= 11 is 2.67. The largest absolute Gasteiger partial charge is 0.330 e. The molecule has 0 unspecified atom stereocenters. The summed E-state index contributed by atoms with van der Waals surface area (Å²) in [5.41, 5.74) is 1.45. The van der Waals surface area contributed by atoms with Crippen molar-refractivity contribution < 1.29 is 9.18 Å². The van der Waals surface area contributed by atoms with Crippen LogP contribution >= 0.6 is 23.1 Å². The van der Waals surface area contributed by atoms with Crippen LogP contribution in [0.25, 0.3) is 0 Å². The highest BCUT2D eigenvalue weighted by molar-refractivity contribution is 8.02. The van der Waals surface area contributed by atoms with E-state index in [1.807, 2.05) is 37.3 Å². The molecule has 1 amide bonds. The summed E-state index contributed by atoms with van der Waals surface area (Å²) in [6, 6.07) is 15.6. The van der Waals surface area contributed by atoms with Crippen LogP contribution in [0.3, 0.4) is 0 Å². The Labute approximate surface area is 159 Å². The van der Waals surface area contributed by atoms with E-state index in [4.69, 9.17) is 0 Å². The first kappa shape index (κ1) is 18.3. The fraction of sp³-hybridized carbons (Fsp3) is 0.167. The summed E-state index contributed by atoms with van der Waals surface area (Å²) in [6.45, 7) is 1.84. The Kier molecular flexibility index (Phi) is 5.85. The lowest BCUT2D eigenvalue weighted by Gasteiger charge is -2.20. The van der Waals surface area contributed by atoms with Gasteiger partial charge in [-0.2, -0.15) is 0 Å². The lowest BCUT2D eigenvalue weighted by Crippen LogP contribution is -2.33. The first-order valence-corrected chi connectivity index (χ1v) is 9.58. The van der Waals surface area contributed by atoms with Crippen LogP contribution in [-0.4, -0.2) is 28.4 Å². The highest BCUT2D eigenvalue weighted by atomic mass is 32.2. The Morgan fingerprint density at radius 3 is 2.69 bits per heavy atom. The van der Waals surface area contributed by atoms with Crippen LogP contribution in [0, 0.1) is 5.82 Å². The summed E-state index contributed by atoms with van der Waals surface area (Å²) < 4.78 is 13.9. The maximum atomic E-state index is 13.2. The van der Waals surface area contributed by atoms with E-state index in [9.17, 15) is 9.18 Å². The van der Waals surface area contributed by atoms with Gasteiger partial charge < -0.3 is 10.2 Å². The number of rotatable bonds is 6. The molecule has 3 rings (SSSR count). The van der Waals surface area contributed by atoms with Crippen molar-refractivity contribution in [3.63, 3.8) is 0 Å². The second-order valence-electron chi connectivity index (χ2n) is 5.50. The lowest BCUT2D eigenvalue weighted by atomic mass is 10.3. The molecule has 0 aliphatic heterocycles. The van der Waals surface area contributed by atoms with Crippen molar-refractivity contribution in [2.24, 2.45) is 0 Å². The fourth-order valence-electron chi connectivity index (χ4n) is 2.25. The number of para-hydroxylation sites is 1. The van der Waals surface area contributed by atoms with Gasteiger partial charge in [0.15, 0.2) is 4.34 Å². The number of hydrogen-bond donors (Lipinski definition) is 1. The standard InChI is InChI=1S/C18H17FN4OS2/c1-12(16(24)23(2)15-9-4-3-5-10-15)25-18-22-21-17(26-18)20-14-8-6-7-13(19)11-14/h3-12H,1-2H3,(H,20,21)/t12-/m1/s1. The van der Waals surface area contributed by atoms with E-state index in [0.717, 1.165) is 5.69 Å². The Balaban J connectivity index is 1.62. The number of nitrogens with one attached hydrogen (secondary N) is 1. The van der Waals surface area contributed by atoms with E-state index < -0.39 is 0 Å². The molecule has 0 aliphatic carbocycles. The number of aromatic nitrogens is 2. The Bertz CT molecular complexity index is 888. The van der Waals surface area contributed by atoms with Crippen molar-refractivity contribution in [2.75, 3.05) is 17.3 Å². The van der Waals surface area contributed by atoms with E-state index in [0.29, 0.717) is 15.2 Å². The average molecular weight is 388 g/mol. The molecule has 2 aromatic carbocycles. The zero-order valence-corrected chi connectivity index (χ0v) is 15.9.